The zero-order valence-electron chi connectivity index (χ0n) is 6.55. The van der Waals surface area contributed by atoms with Gasteiger partial charge in [-0.15, -0.1) is 0 Å². The molecule has 0 aliphatic carbocycles. The van der Waals surface area contributed by atoms with Crippen molar-refractivity contribution in [2.75, 3.05) is 0 Å². The molecule has 58 valence electrons. The average molecular weight is 142 g/mol. The molecule has 0 aliphatic heterocycles. The number of allylic oxidation sites excluding steroid dienone is 1. The smallest absolute Gasteiger partial charge is 0.307 e. The van der Waals surface area contributed by atoms with Gasteiger partial charge in [0.25, 0.3) is 0 Å². The summed E-state index contributed by atoms with van der Waals surface area (Å²) in [4.78, 5) is 10.2. The Balaban J connectivity index is 3.83. The molecule has 0 bridgehead atoms. The van der Waals surface area contributed by atoms with Crippen LogP contribution in [-0.2, 0) is 4.79 Å². The third-order valence-electron chi connectivity index (χ3n) is 1.33. The largest absolute Gasteiger partial charge is 0.481 e. The van der Waals surface area contributed by atoms with Crippen molar-refractivity contribution in [3.8, 4) is 0 Å². The van der Waals surface area contributed by atoms with E-state index in [0.717, 1.165) is 18.4 Å². The van der Waals surface area contributed by atoms with E-state index in [2.05, 4.69) is 0 Å². The second kappa shape index (κ2) is 5.03. The van der Waals surface area contributed by atoms with Gasteiger partial charge < -0.3 is 5.11 Å². The van der Waals surface area contributed by atoms with Crippen molar-refractivity contribution in [3.63, 3.8) is 0 Å². The highest BCUT2D eigenvalue weighted by Crippen LogP contribution is 2.06. The van der Waals surface area contributed by atoms with Crippen LogP contribution in [0.3, 0.4) is 0 Å². The number of carbonyl (C=O) groups is 1. The van der Waals surface area contributed by atoms with Crippen LogP contribution in [0.2, 0.25) is 0 Å². The molecule has 0 spiro atoms. The third kappa shape index (κ3) is 4.13. The molecule has 2 heteroatoms. The predicted molar refractivity (Wildman–Crippen MR) is 40.9 cm³/mol. The van der Waals surface area contributed by atoms with Crippen LogP contribution in [0.1, 0.15) is 33.1 Å². The van der Waals surface area contributed by atoms with Gasteiger partial charge in [0.1, 0.15) is 0 Å². The summed E-state index contributed by atoms with van der Waals surface area (Å²) in [5.74, 6) is -0.735. The standard InChI is InChI=1S/C8H14O2/c1-3-5-7(4-2)6-8(9)10/h5H,3-4,6H2,1-2H3,(H,9,10)/b7-5-. The number of rotatable bonds is 4. The predicted octanol–water partition coefficient (Wildman–Crippen LogP) is 2.21. The Labute approximate surface area is 61.6 Å². The molecule has 2 nitrogen and oxygen atoms in total. The highest BCUT2D eigenvalue weighted by Gasteiger charge is 1.99. The van der Waals surface area contributed by atoms with Gasteiger partial charge in [-0.1, -0.05) is 25.5 Å². The molecule has 0 saturated carbocycles. The highest BCUT2D eigenvalue weighted by molar-refractivity contribution is 5.69. The highest BCUT2D eigenvalue weighted by atomic mass is 16.4. The van der Waals surface area contributed by atoms with Gasteiger partial charge in [0, 0.05) is 0 Å². The van der Waals surface area contributed by atoms with Gasteiger partial charge in [-0.2, -0.15) is 0 Å². The topological polar surface area (TPSA) is 37.3 Å². The van der Waals surface area contributed by atoms with E-state index < -0.39 is 5.97 Å². The lowest BCUT2D eigenvalue weighted by Crippen LogP contribution is -1.96. The van der Waals surface area contributed by atoms with Crippen LogP contribution < -0.4 is 0 Å². The molecule has 0 aliphatic rings. The molecule has 0 amide bonds. The Bertz CT molecular complexity index is 136. The molecular weight excluding hydrogens is 128 g/mol. The summed E-state index contributed by atoms with van der Waals surface area (Å²) in [6, 6.07) is 0. The first-order chi connectivity index (χ1) is 4.70. The van der Waals surface area contributed by atoms with E-state index in [0.29, 0.717) is 0 Å². The lowest BCUT2D eigenvalue weighted by atomic mass is 10.1. The number of carboxylic acids is 1. The maximum absolute atomic E-state index is 10.2. The van der Waals surface area contributed by atoms with Crippen LogP contribution in [0.4, 0.5) is 0 Å². The summed E-state index contributed by atoms with van der Waals surface area (Å²) in [5, 5.41) is 8.40. The zero-order valence-corrected chi connectivity index (χ0v) is 6.55. The van der Waals surface area contributed by atoms with Gasteiger partial charge in [-0.3, -0.25) is 4.79 Å². The van der Waals surface area contributed by atoms with Crippen molar-refractivity contribution >= 4 is 5.97 Å². The lowest BCUT2D eigenvalue weighted by molar-refractivity contribution is -0.136. The van der Waals surface area contributed by atoms with E-state index in [1.807, 2.05) is 19.9 Å². The van der Waals surface area contributed by atoms with Crippen molar-refractivity contribution in [1.82, 2.24) is 0 Å². The van der Waals surface area contributed by atoms with Gasteiger partial charge in [0.2, 0.25) is 0 Å². The van der Waals surface area contributed by atoms with Gasteiger partial charge in [-0.05, 0) is 12.8 Å². The maximum Gasteiger partial charge on any atom is 0.307 e. The van der Waals surface area contributed by atoms with Crippen molar-refractivity contribution in [1.29, 1.82) is 0 Å². The van der Waals surface area contributed by atoms with Crippen LogP contribution in [0.5, 0.6) is 0 Å². The molecule has 0 rings (SSSR count). The molecule has 0 aromatic rings. The molecular formula is C8H14O2. The second-order valence-electron chi connectivity index (χ2n) is 2.19. The average Bonchev–Trinajstić information content (AvgIpc) is 1.86. The van der Waals surface area contributed by atoms with Crippen LogP contribution in [0, 0.1) is 0 Å². The Morgan fingerprint density at radius 1 is 1.50 bits per heavy atom. The molecule has 0 aromatic carbocycles. The molecule has 1 N–H and O–H groups in total. The van der Waals surface area contributed by atoms with E-state index in [4.69, 9.17) is 5.11 Å². The first-order valence-electron chi connectivity index (χ1n) is 3.60. The van der Waals surface area contributed by atoms with Gasteiger partial charge >= 0.3 is 5.97 Å². The molecule has 0 unspecified atom stereocenters. The van der Waals surface area contributed by atoms with Crippen LogP contribution in [-0.4, -0.2) is 11.1 Å². The Morgan fingerprint density at radius 2 is 2.10 bits per heavy atom. The van der Waals surface area contributed by atoms with Crippen LogP contribution in [0.25, 0.3) is 0 Å². The van der Waals surface area contributed by atoms with Crippen molar-refractivity contribution in [3.05, 3.63) is 11.6 Å². The quantitative estimate of drug-likeness (QED) is 0.611. The van der Waals surface area contributed by atoms with Crippen molar-refractivity contribution < 1.29 is 9.90 Å². The van der Waals surface area contributed by atoms with E-state index in [1.54, 1.807) is 0 Å². The summed E-state index contributed by atoms with van der Waals surface area (Å²) in [5.41, 5.74) is 1.02. The minimum Gasteiger partial charge on any atom is -0.481 e. The molecule has 0 saturated heterocycles. The number of hydrogen-bond donors (Lipinski definition) is 1. The summed E-state index contributed by atoms with van der Waals surface area (Å²) in [6.07, 6.45) is 3.95. The van der Waals surface area contributed by atoms with Crippen LogP contribution in [0.15, 0.2) is 11.6 Å². The summed E-state index contributed by atoms with van der Waals surface area (Å²) < 4.78 is 0. The van der Waals surface area contributed by atoms with Crippen molar-refractivity contribution in [2.24, 2.45) is 0 Å². The molecule has 0 heterocycles. The first kappa shape index (κ1) is 9.21. The Hall–Kier alpha value is -0.790. The Morgan fingerprint density at radius 3 is 2.40 bits per heavy atom. The van der Waals surface area contributed by atoms with Gasteiger partial charge in [0.15, 0.2) is 0 Å². The first-order valence-corrected chi connectivity index (χ1v) is 3.60. The fraction of sp³-hybridized carbons (Fsp3) is 0.625. The van der Waals surface area contributed by atoms with E-state index in [1.165, 1.54) is 0 Å². The van der Waals surface area contributed by atoms with Crippen molar-refractivity contribution in [2.45, 2.75) is 33.1 Å². The second-order valence-corrected chi connectivity index (χ2v) is 2.19. The van der Waals surface area contributed by atoms with E-state index in [9.17, 15) is 4.79 Å². The molecule has 0 aromatic heterocycles. The number of aliphatic carboxylic acids is 1. The fourth-order valence-corrected chi connectivity index (χ4v) is 0.824. The number of carboxylic acid groups (broad SMARTS) is 1. The number of hydrogen-bond acceptors (Lipinski definition) is 1. The summed E-state index contributed by atoms with van der Waals surface area (Å²) in [7, 11) is 0. The summed E-state index contributed by atoms with van der Waals surface area (Å²) in [6.45, 7) is 3.99. The molecule has 0 atom stereocenters. The molecule has 10 heavy (non-hydrogen) atoms. The SMILES string of the molecule is CC/C=C(/CC)CC(=O)O. The Kier molecular flexibility index (Phi) is 4.63. The van der Waals surface area contributed by atoms with E-state index >= 15 is 0 Å². The minimum atomic E-state index is -0.735. The lowest BCUT2D eigenvalue weighted by Gasteiger charge is -1.97. The van der Waals surface area contributed by atoms with E-state index in [-0.39, 0.29) is 6.42 Å². The third-order valence-corrected chi connectivity index (χ3v) is 1.33. The van der Waals surface area contributed by atoms with Gasteiger partial charge in [0.05, 0.1) is 6.42 Å². The molecule has 0 radical (unpaired) electrons. The molecule has 0 fully saturated rings. The maximum atomic E-state index is 10.2. The fourth-order valence-electron chi connectivity index (χ4n) is 0.824. The minimum absolute atomic E-state index is 0.199. The normalized spacial score (nSPS) is 11.6. The van der Waals surface area contributed by atoms with Crippen LogP contribution >= 0.6 is 0 Å². The monoisotopic (exact) mass is 142 g/mol. The zero-order chi connectivity index (χ0) is 7.98. The van der Waals surface area contributed by atoms with Gasteiger partial charge in [-0.25, -0.2) is 0 Å². The summed E-state index contributed by atoms with van der Waals surface area (Å²) >= 11 is 0.